The van der Waals surface area contributed by atoms with E-state index >= 15 is 0 Å². The van der Waals surface area contributed by atoms with Gasteiger partial charge in [0, 0.05) is 26.5 Å². The van der Waals surface area contributed by atoms with Crippen LogP contribution in [0, 0.1) is 0 Å². The monoisotopic (exact) mass is 337 g/mol. The van der Waals surface area contributed by atoms with Crippen LogP contribution in [0.15, 0.2) is 29.2 Å². The first kappa shape index (κ1) is 16.5. The first-order valence-corrected chi connectivity index (χ1v) is 9.89. The number of rotatable bonds is 4. The van der Waals surface area contributed by atoms with Gasteiger partial charge in [-0.15, -0.1) is 0 Å². The summed E-state index contributed by atoms with van der Waals surface area (Å²) in [5.41, 5.74) is 0.459. The Hall–Kier alpha value is -1.40. The second-order valence-electron chi connectivity index (χ2n) is 6.63. The van der Waals surface area contributed by atoms with Gasteiger partial charge in [-0.2, -0.15) is 0 Å². The van der Waals surface area contributed by atoms with E-state index in [4.69, 9.17) is 4.74 Å². The van der Waals surface area contributed by atoms with E-state index in [0.717, 1.165) is 37.8 Å². The third kappa shape index (κ3) is 2.90. The van der Waals surface area contributed by atoms with E-state index < -0.39 is 15.3 Å². The minimum Gasteiger partial charge on any atom is -0.380 e. The summed E-state index contributed by atoms with van der Waals surface area (Å²) in [4.78, 5) is 15.2. The molecule has 3 rings (SSSR count). The predicted molar refractivity (Wildman–Crippen MR) is 87.1 cm³/mol. The molecule has 23 heavy (non-hydrogen) atoms. The van der Waals surface area contributed by atoms with Crippen molar-refractivity contribution in [1.82, 2.24) is 4.90 Å². The first-order valence-electron chi connectivity index (χ1n) is 7.99. The summed E-state index contributed by atoms with van der Waals surface area (Å²) in [6.45, 7) is 1.39. The molecule has 1 aliphatic carbocycles. The lowest BCUT2D eigenvalue weighted by atomic mass is 9.63. The van der Waals surface area contributed by atoms with Gasteiger partial charge in [-0.25, -0.2) is 8.42 Å². The molecule has 1 heterocycles. The molecule has 1 unspecified atom stereocenters. The third-order valence-corrected chi connectivity index (χ3v) is 6.35. The average Bonchev–Trinajstić information content (AvgIpc) is 2.94. The van der Waals surface area contributed by atoms with Crippen molar-refractivity contribution >= 4 is 15.7 Å². The zero-order chi connectivity index (χ0) is 16.7. The standard InChI is InChI=1S/C17H23NO4S/c1-22-14-8-11-18(12-14)16(19)17(9-3-10-17)13-4-6-15(7-5-13)23(2,20)21/h4-7,14H,3,8-12H2,1-2H3. The molecule has 0 N–H and O–H groups in total. The number of likely N-dealkylation sites (tertiary alicyclic amines) is 1. The van der Waals surface area contributed by atoms with Crippen molar-refractivity contribution < 1.29 is 17.9 Å². The normalized spacial score (nSPS) is 23.6. The van der Waals surface area contributed by atoms with Crippen molar-refractivity contribution in [2.24, 2.45) is 0 Å². The molecule has 0 radical (unpaired) electrons. The summed E-state index contributed by atoms with van der Waals surface area (Å²) in [6.07, 6.45) is 4.90. The predicted octanol–water partition coefficient (Wildman–Crippen LogP) is 1.76. The number of benzene rings is 1. The van der Waals surface area contributed by atoms with E-state index in [2.05, 4.69) is 0 Å². The average molecular weight is 337 g/mol. The molecule has 0 spiro atoms. The Labute approximate surface area is 137 Å². The maximum atomic E-state index is 13.0. The van der Waals surface area contributed by atoms with Crippen molar-refractivity contribution in [1.29, 1.82) is 0 Å². The smallest absolute Gasteiger partial charge is 0.233 e. The number of ether oxygens (including phenoxy) is 1. The van der Waals surface area contributed by atoms with E-state index in [0.29, 0.717) is 11.4 Å². The molecular formula is C17H23NO4S. The Morgan fingerprint density at radius 2 is 1.91 bits per heavy atom. The topological polar surface area (TPSA) is 63.7 Å². The molecule has 1 aliphatic heterocycles. The second kappa shape index (κ2) is 5.91. The van der Waals surface area contributed by atoms with Gasteiger partial charge in [0.2, 0.25) is 5.91 Å². The Morgan fingerprint density at radius 1 is 1.26 bits per heavy atom. The second-order valence-corrected chi connectivity index (χ2v) is 8.65. The number of hydrogen-bond donors (Lipinski definition) is 0. The van der Waals surface area contributed by atoms with Crippen molar-refractivity contribution in [3.05, 3.63) is 29.8 Å². The van der Waals surface area contributed by atoms with Crippen molar-refractivity contribution in [2.75, 3.05) is 26.5 Å². The highest BCUT2D eigenvalue weighted by molar-refractivity contribution is 7.90. The molecule has 1 aromatic carbocycles. The van der Waals surface area contributed by atoms with Crippen LogP contribution in [-0.2, 0) is 24.8 Å². The SMILES string of the molecule is COC1CCN(C(=O)C2(c3ccc(S(C)(=O)=O)cc3)CCC2)C1. The number of carbonyl (C=O) groups is 1. The maximum absolute atomic E-state index is 13.0. The fraction of sp³-hybridized carbons (Fsp3) is 0.588. The third-order valence-electron chi connectivity index (χ3n) is 5.22. The van der Waals surface area contributed by atoms with E-state index in [1.54, 1.807) is 31.4 Å². The van der Waals surface area contributed by atoms with Crippen LogP contribution in [0.4, 0.5) is 0 Å². The summed E-state index contributed by atoms with van der Waals surface area (Å²) in [5.74, 6) is 0.162. The molecule has 0 aromatic heterocycles. The van der Waals surface area contributed by atoms with Gasteiger partial charge in [-0.1, -0.05) is 18.6 Å². The van der Waals surface area contributed by atoms with Crippen LogP contribution in [0.5, 0.6) is 0 Å². The fourth-order valence-electron chi connectivity index (χ4n) is 3.59. The zero-order valence-corrected chi connectivity index (χ0v) is 14.4. The number of carbonyl (C=O) groups excluding carboxylic acids is 1. The molecule has 5 nitrogen and oxygen atoms in total. The summed E-state index contributed by atoms with van der Waals surface area (Å²) >= 11 is 0. The van der Waals surface area contributed by atoms with Crippen LogP contribution in [0.25, 0.3) is 0 Å². The minimum atomic E-state index is -3.21. The molecule has 1 amide bonds. The van der Waals surface area contributed by atoms with Crippen LogP contribution in [0.2, 0.25) is 0 Å². The van der Waals surface area contributed by atoms with Crippen LogP contribution in [0.1, 0.15) is 31.2 Å². The van der Waals surface area contributed by atoms with Gasteiger partial charge in [0.15, 0.2) is 9.84 Å². The lowest BCUT2D eigenvalue weighted by molar-refractivity contribution is -0.140. The number of amides is 1. The van der Waals surface area contributed by atoms with E-state index in [9.17, 15) is 13.2 Å². The maximum Gasteiger partial charge on any atom is 0.233 e. The van der Waals surface area contributed by atoms with Crippen molar-refractivity contribution in [3.63, 3.8) is 0 Å². The van der Waals surface area contributed by atoms with Gasteiger partial charge >= 0.3 is 0 Å². The van der Waals surface area contributed by atoms with Crippen LogP contribution in [-0.4, -0.2) is 51.8 Å². The highest BCUT2D eigenvalue weighted by Crippen LogP contribution is 2.45. The fourth-order valence-corrected chi connectivity index (χ4v) is 4.22. The summed E-state index contributed by atoms with van der Waals surface area (Å²) in [6, 6.07) is 6.83. The lowest BCUT2D eigenvalue weighted by Crippen LogP contribution is -2.50. The van der Waals surface area contributed by atoms with Crippen LogP contribution in [0.3, 0.4) is 0 Å². The Kier molecular flexibility index (Phi) is 4.23. The highest BCUT2D eigenvalue weighted by atomic mass is 32.2. The first-order chi connectivity index (χ1) is 10.9. The van der Waals surface area contributed by atoms with Crippen LogP contribution < -0.4 is 0 Å². The van der Waals surface area contributed by atoms with Crippen LogP contribution >= 0.6 is 0 Å². The lowest BCUT2D eigenvalue weighted by Gasteiger charge is -2.43. The Balaban J connectivity index is 1.85. The molecule has 6 heteroatoms. The zero-order valence-electron chi connectivity index (χ0n) is 13.6. The van der Waals surface area contributed by atoms with Gasteiger partial charge in [-0.3, -0.25) is 4.79 Å². The highest BCUT2D eigenvalue weighted by Gasteiger charge is 2.48. The minimum absolute atomic E-state index is 0.128. The van der Waals surface area contributed by atoms with E-state index in [-0.39, 0.29) is 12.0 Å². The molecule has 1 saturated carbocycles. The molecule has 1 saturated heterocycles. The summed E-state index contributed by atoms with van der Waals surface area (Å²) in [5, 5.41) is 0. The number of hydrogen-bond acceptors (Lipinski definition) is 4. The number of sulfone groups is 1. The molecule has 126 valence electrons. The molecule has 0 bridgehead atoms. The van der Waals surface area contributed by atoms with Crippen molar-refractivity contribution in [2.45, 2.75) is 42.1 Å². The van der Waals surface area contributed by atoms with Gasteiger partial charge in [0.05, 0.1) is 16.4 Å². The number of methoxy groups -OCH3 is 1. The van der Waals surface area contributed by atoms with Gasteiger partial charge < -0.3 is 9.64 Å². The summed E-state index contributed by atoms with van der Waals surface area (Å²) < 4.78 is 28.6. The Morgan fingerprint density at radius 3 is 2.35 bits per heavy atom. The molecule has 2 aliphatic rings. The summed E-state index contributed by atoms with van der Waals surface area (Å²) in [7, 11) is -1.53. The van der Waals surface area contributed by atoms with Gasteiger partial charge in [-0.05, 0) is 37.0 Å². The number of nitrogens with zero attached hydrogens (tertiary/aromatic N) is 1. The largest absolute Gasteiger partial charge is 0.380 e. The van der Waals surface area contributed by atoms with E-state index in [1.807, 2.05) is 4.90 Å². The van der Waals surface area contributed by atoms with E-state index in [1.165, 1.54) is 6.26 Å². The van der Waals surface area contributed by atoms with Crippen molar-refractivity contribution in [3.8, 4) is 0 Å². The molecule has 2 fully saturated rings. The molecule has 1 atom stereocenters. The Bertz CT molecular complexity index is 692. The van der Waals surface area contributed by atoms with Gasteiger partial charge in [0.25, 0.3) is 0 Å². The molecule has 1 aromatic rings. The molecular weight excluding hydrogens is 314 g/mol. The quantitative estimate of drug-likeness (QED) is 0.840. The van der Waals surface area contributed by atoms with Gasteiger partial charge in [0.1, 0.15) is 0 Å².